The fourth-order valence-electron chi connectivity index (χ4n) is 6.87. The lowest BCUT2D eigenvalue weighted by Gasteiger charge is -2.42. The molecule has 0 spiro atoms. The van der Waals surface area contributed by atoms with Gasteiger partial charge in [0.25, 0.3) is 5.91 Å². The van der Waals surface area contributed by atoms with E-state index in [2.05, 4.69) is 27.6 Å². The van der Waals surface area contributed by atoms with Crippen molar-refractivity contribution < 1.29 is 18.7 Å². The van der Waals surface area contributed by atoms with Gasteiger partial charge in [0.2, 0.25) is 0 Å². The van der Waals surface area contributed by atoms with Crippen LogP contribution in [0.2, 0.25) is 0 Å². The number of hydrogen-bond donors (Lipinski definition) is 0. The lowest BCUT2D eigenvalue weighted by atomic mass is 9.89. The molecule has 3 saturated heterocycles. The fraction of sp³-hybridized carbons (Fsp3) is 0.548. The van der Waals surface area contributed by atoms with Crippen LogP contribution in [0.4, 0.5) is 4.39 Å². The number of hydrogen-bond acceptors (Lipinski definition) is 5. The first-order valence-electron chi connectivity index (χ1n) is 14.4. The highest BCUT2D eigenvalue weighted by molar-refractivity contribution is 5.99. The van der Waals surface area contributed by atoms with Gasteiger partial charge in [-0.1, -0.05) is 0 Å². The summed E-state index contributed by atoms with van der Waals surface area (Å²) in [5, 5.41) is 1.19. The Bertz CT molecular complexity index is 1330. The highest BCUT2D eigenvalue weighted by atomic mass is 19.1. The maximum absolute atomic E-state index is 14.5. The molecule has 1 unspecified atom stereocenters. The quantitative estimate of drug-likeness (QED) is 0.422. The molecule has 0 N–H and O–H groups in total. The molecule has 1 aromatic carbocycles. The number of aryl methyl sites for hydroxylation is 1. The molecule has 3 aliphatic rings. The van der Waals surface area contributed by atoms with E-state index < -0.39 is 5.82 Å². The predicted molar refractivity (Wildman–Crippen MR) is 149 cm³/mol. The largest absolute Gasteiger partial charge is 0.383 e. The molecule has 3 aromatic rings. The minimum Gasteiger partial charge on any atom is -0.383 e. The molecule has 0 radical (unpaired) electrons. The van der Waals surface area contributed by atoms with Crippen molar-refractivity contribution in [3.05, 3.63) is 59.3 Å². The van der Waals surface area contributed by atoms with Gasteiger partial charge < -0.3 is 23.8 Å². The summed E-state index contributed by atoms with van der Waals surface area (Å²) in [6.07, 6.45) is 11.1. The van der Waals surface area contributed by atoms with Gasteiger partial charge in [-0.15, -0.1) is 0 Å². The van der Waals surface area contributed by atoms with Crippen LogP contribution in [0.25, 0.3) is 16.6 Å². The van der Waals surface area contributed by atoms with Crippen molar-refractivity contribution in [3.8, 4) is 5.69 Å². The maximum Gasteiger partial charge on any atom is 0.256 e. The minimum atomic E-state index is -0.408. The number of carbonyl (C=O) groups excluding carboxylic acids is 1. The van der Waals surface area contributed by atoms with Crippen LogP contribution in [0.3, 0.4) is 0 Å². The SMILES string of the molecule is COCC1CCCN1C(=O)c1cc(F)ccc1-n1cc(CC2CN(CC3CCOCC3)C2)c2c(C)cncc21. The van der Waals surface area contributed by atoms with Crippen LogP contribution in [0.15, 0.2) is 36.8 Å². The Hall–Kier alpha value is -2.81. The summed E-state index contributed by atoms with van der Waals surface area (Å²) in [6.45, 7) is 8.44. The molecular weight excluding hydrogens is 495 g/mol. The average molecular weight is 535 g/mol. The second kappa shape index (κ2) is 11.4. The fourth-order valence-corrected chi connectivity index (χ4v) is 6.87. The molecule has 3 fully saturated rings. The van der Waals surface area contributed by atoms with Crippen LogP contribution in [0.5, 0.6) is 0 Å². The third kappa shape index (κ3) is 5.34. The predicted octanol–water partition coefficient (Wildman–Crippen LogP) is 4.62. The van der Waals surface area contributed by atoms with Crippen LogP contribution in [-0.4, -0.2) is 84.4 Å². The molecule has 0 saturated carbocycles. The lowest BCUT2D eigenvalue weighted by molar-refractivity contribution is 0.0254. The molecule has 2 aromatic heterocycles. The van der Waals surface area contributed by atoms with Crippen LogP contribution in [0.1, 0.15) is 47.2 Å². The Morgan fingerprint density at radius 3 is 2.77 bits per heavy atom. The van der Waals surface area contributed by atoms with Crippen molar-refractivity contribution >= 4 is 16.8 Å². The Kier molecular flexibility index (Phi) is 7.69. The van der Waals surface area contributed by atoms with Gasteiger partial charge in [-0.25, -0.2) is 4.39 Å². The number of ether oxygens (including phenoxy) is 2. The van der Waals surface area contributed by atoms with Crippen LogP contribution in [0, 0.1) is 24.6 Å². The van der Waals surface area contributed by atoms with Crippen molar-refractivity contribution in [3.63, 3.8) is 0 Å². The summed E-state index contributed by atoms with van der Waals surface area (Å²) in [5.41, 5.74) is 4.42. The highest BCUT2D eigenvalue weighted by Gasteiger charge is 2.33. The first-order chi connectivity index (χ1) is 19.0. The van der Waals surface area contributed by atoms with Crippen molar-refractivity contribution in [2.75, 3.05) is 53.1 Å². The highest BCUT2D eigenvalue weighted by Crippen LogP contribution is 2.33. The van der Waals surface area contributed by atoms with Gasteiger partial charge >= 0.3 is 0 Å². The van der Waals surface area contributed by atoms with Gasteiger partial charge in [0.15, 0.2) is 0 Å². The molecule has 3 aliphatic heterocycles. The van der Waals surface area contributed by atoms with E-state index in [-0.39, 0.29) is 11.9 Å². The Morgan fingerprint density at radius 1 is 1.15 bits per heavy atom. The summed E-state index contributed by atoms with van der Waals surface area (Å²) in [5.74, 6) is 0.805. The van der Waals surface area contributed by atoms with E-state index in [1.165, 1.54) is 42.5 Å². The molecule has 7 nitrogen and oxygen atoms in total. The summed E-state index contributed by atoms with van der Waals surface area (Å²) in [7, 11) is 1.66. The summed E-state index contributed by atoms with van der Waals surface area (Å²) >= 11 is 0. The number of nitrogens with zero attached hydrogens (tertiary/aromatic N) is 4. The van der Waals surface area contributed by atoms with E-state index in [4.69, 9.17) is 9.47 Å². The molecule has 0 aliphatic carbocycles. The standard InChI is InChI=1S/C31H39FN4O3/c1-21-14-33-15-29-30(21)24(12-23-17-34(18-23)16-22-7-10-39-11-8-22)19-36(29)28-6-5-25(32)13-27(28)31(37)35-9-3-4-26(35)20-38-2/h5-6,13-15,19,22-23,26H,3-4,7-12,16-18,20H2,1-2H3. The molecule has 39 heavy (non-hydrogen) atoms. The lowest BCUT2D eigenvalue weighted by Crippen LogP contribution is -2.49. The third-order valence-corrected chi connectivity index (χ3v) is 8.83. The second-order valence-electron chi connectivity index (χ2n) is 11.6. The molecule has 5 heterocycles. The molecule has 0 bridgehead atoms. The van der Waals surface area contributed by atoms with E-state index in [9.17, 15) is 9.18 Å². The molecule has 1 atom stereocenters. The Morgan fingerprint density at radius 2 is 1.97 bits per heavy atom. The van der Waals surface area contributed by atoms with Gasteiger partial charge in [-0.05, 0) is 80.2 Å². The van der Waals surface area contributed by atoms with Crippen molar-refractivity contribution in [2.24, 2.45) is 11.8 Å². The molecular formula is C31H39FN4O3. The van der Waals surface area contributed by atoms with E-state index in [1.54, 1.807) is 13.2 Å². The van der Waals surface area contributed by atoms with Gasteiger partial charge in [-0.2, -0.15) is 0 Å². The number of methoxy groups -OCH3 is 1. The van der Waals surface area contributed by atoms with Gasteiger partial charge in [0, 0.05) is 64.3 Å². The Balaban J connectivity index is 1.28. The zero-order valence-electron chi connectivity index (χ0n) is 23.1. The van der Waals surface area contributed by atoms with Gasteiger partial charge in [0.05, 0.1) is 35.6 Å². The maximum atomic E-state index is 14.5. The number of rotatable bonds is 8. The van der Waals surface area contributed by atoms with E-state index in [0.29, 0.717) is 30.3 Å². The van der Waals surface area contributed by atoms with Crippen LogP contribution < -0.4 is 0 Å². The molecule has 8 heteroatoms. The number of benzene rings is 1. The first kappa shape index (κ1) is 26.4. The number of aromatic nitrogens is 2. The number of likely N-dealkylation sites (tertiary alicyclic amines) is 2. The zero-order chi connectivity index (χ0) is 26.9. The summed E-state index contributed by atoms with van der Waals surface area (Å²) in [4.78, 5) is 22.7. The summed E-state index contributed by atoms with van der Waals surface area (Å²) < 4.78 is 27.5. The molecule has 1 amide bonds. The van der Waals surface area contributed by atoms with Crippen molar-refractivity contribution in [2.45, 2.75) is 45.1 Å². The van der Waals surface area contributed by atoms with Crippen molar-refractivity contribution in [1.82, 2.24) is 19.4 Å². The van der Waals surface area contributed by atoms with Crippen LogP contribution in [-0.2, 0) is 15.9 Å². The number of fused-ring (bicyclic) bond motifs is 1. The number of carbonyl (C=O) groups is 1. The van der Waals surface area contributed by atoms with E-state index >= 15 is 0 Å². The number of pyridine rings is 1. The monoisotopic (exact) mass is 534 g/mol. The van der Waals surface area contributed by atoms with Crippen molar-refractivity contribution in [1.29, 1.82) is 0 Å². The second-order valence-corrected chi connectivity index (χ2v) is 11.6. The Labute approximate surface area is 229 Å². The van der Waals surface area contributed by atoms with Gasteiger partial charge in [0.1, 0.15) is 5.82 Å². The molecule has 208 valence electrons. The smallest absolute Gasteiger partial charge is 0.256 e. The van der Waals surface area contributed by atoms with Gasteiger partial charge in [-0.3, -0.25) is 9.78 Å². The van der Waals surface area contributed by atoms with E-state index in [0.717, 1.165) is 62.6 Å². The number of halogens is 1. The molecule has 6 rings (SSSR count). The van der Waals surface area contributed by atoms with Crippen LogP contribution >= 0.6 is 0 Å². The normalized spacial score (nSPS) is 21.1. The summed E-state index contributed by atoms with van der Waals surface area (Å²) in [6, 6.07) is 4.57. The number of amides is 1. The zero-order valence-corrected chi connectivity index (χ0v) is 23.1. The van der Waals surface area contributed by atoms with E-state index in [1.807, 2.05) is 17.3 Å². The minimum absolute atomic E-state index is 0.0159. The topological polar surface area (TPSA) is 59.8 Å². The first-order valence-corrected chi connectivity index (χ1v) is 14.4. The third-order valence-electron chi connectivity index (χ3n) is 8.83. The average Bonchev–Trinajstić information content (AvgIpc) is 3.53.